The summed E-state index contributed by atoms with van der Waals surface area (Å²) in [4.78, 5) is 24.3. The average Bonchev–Trinajstić information content (AvgIpc) is 2.67. The van der Waals surface area contributed by atoms with Gasteiger partial charge in [0.25, 0.3) is 0 Å². The maximum atomic E-state index is 12.7. The zero-order chi connectivity index (χ0) is 19.2. The molecule has 5 heteroatoms. The molecule has 0 saturated heterocycles. The lowest BCUT2D eigenvalue weighted by Gasteiger charge is -2.21. The van der Waals surface area contributed by atoms with Crippen LogP contribution in [0.3, 0.4) is 0 Å². The third-order valence-corrected chi connectivity index (χ3v) is 4.96. The van der Waals surface area contributed by atoms with Gasteiger partial charge in [-0.05, 0) is 60.6 Å². The van der Waals surface area contributed by atoms with Crippen molar-refractivity contribution in [1.29, 1.82) is 0 Å². The van der Waals surface area contributed by atoms with E-state index in [1.165, 1.54) is 24.5 Å². The molecular weight excluding hydrogens is 340 g/mol. The third-order valence-electron chi connectivity index (χ3n) is 4.96. The first-order chi connectivity index (χ1) is 13.1. The molecule has 1 aliphatic rings. The summed E-state index contributed by atoms with van der Waals surface area (Å²) in [5.74, 6) is 0.463. The number of benzene rings is 2. The van der Waals surface area contributed by atoms with E-state index in [0.29, 0.717) is 0 Å². The quantitative estimate of drug-likeness (QED) is 0.817. The topological polar surface area (TPSA) is 67.4 Å². The van der Waals surface area contributed by atoms with Crippen molar-refractivity contribution in [3.63, 3.8) is 0 Å². The molecule has 142 valence electrons. The Hall–Kier alpha value is -2.82. The smallest absolute Gasteiger partial charge is 0.226 e. The number of fused-ring (bicyclic) bond motifs is 1. The summed E-state index contributed by atoms with van der Waals surface area (Å²) in [7, 11) is 1.61. The van der Waals surface area contributed by atoms with Gasteiger partial charge in [-0.1, -0.05) is 24.3 Å². The van der Waals surface area contributed by atoms with Crippen molar-refractivity contribution in [2.75, 3.05) is 12.4 Å². The van der Waals surface area contributed by atoms with Crippen molar-refractivity contribution < 1.29 is 14.3 Å². The fraction of sp³-hybridized carbons (Fsp3) is 0.364. The minimum absolute atomic E-state index is 0.108. The normalized spacial score (nSPS) is 14.0. The average molecular weight is 366 g/mol. The zero-order valence-electron chi connectivity index (χ0n) is 15.9. The molecule has 0 radical (unpaired) electrons. The maximum Gasteiger partial charge on any atom is 0.226 e. The molecule has 0 aliphatic heterocycles. The predicted molar refractivity (Wildman–Crippen MR) is 106 cm³/mol. The lowest BCUT2D eigenvalue weighted by molar-refractivity contribution is -0.120. The highest BCUT2D eigenvalue weighted by Crippen LogP contribution is 2.28. The van der Waals surface area contributed by atoms with E-state index < -0.39 is 0 Å². The molecule has 1 aliphatic carbocycles. The van der Waals surface area contributed by atoms with Crippen molar-refractivity contribution in [3.8, 4) is 5.75 Å². The zero-order valence-corrected chi connectivity index (χ0v) is 15.9. The molecular formula is C22H26N2O3. The van der Waals surface area contributed by atoms with E-state index >= 15 is 0 Å². The van der Waals surface area contributed by atoms with Crippen molar-refractivity contribution >= 4 is 17.5 Å². The second-order valence-electron chi connectivity index (χ2n) is 6.93. The van der Waals surface area contributed by atoms with Gasteiger partial charge in [-0.3, -0.25) is 9.59 Å². The van der Waals surface area contributed by atoms with Crippen molar-refractivity contribution in [3.05, 3.63) is 59.2 Å². The van der Waals surface area contributed by atoms with Crippen molar-refractivity contribution in [2.24, 2.45) is 0 Å². The van der Waals surface area contributed by atoms with E-state index in [-0.39, 0.29) is 24.3 Å². The number of anilines is 1. The van der Waals surface area contributed by atoms with Crippen LogP contribution in [0.15, 0.2) is 42.5 Å². The number of hydrogen-bond donors (Lipinski definition) is 2. The van der Waals surface area contributed by atoms with Gasteiger partial charge in [0.2, 0.25) is 11.8 Å². The van der Waals surface area contributed by atoms with Gasteiger partial charge in [0.1, 0.15) is 5.75 Å². The van der Waals surface area contributed by atoms with Crippen LogP contribution in [0, 0.1) is 0 Å². The Kier molecular flexibility index (Phi) is 6.12. The first-order valence-electron chi connectivity index (χ1n) is 9.38. The molecule has 2 aromatic rings. The second kappa shape index (κ2) is 8.71. The molecule has 27 heavy (non-hydrogen) atoms. The lowest BCUT2D eigenvalue weighted by atomic mass is 9.90. The Morgan fingerprint density at radius 3 is 2.52 bits per heavy atom. The van der Waals surface area contributed by atoms with Gasteiger partial charge in [-0.25, -0.2) is 0 Å². The van der Waals surface area contributed by atoms with E-state index in [4.69, 9.17) is 4.74 Å². The van der Waals surface area contributed by atoms with Crippen LogP contribution in [0.5, 0.6) is 5.75 Å². The number of rotatable bonds is 6. The minimum atomic E-state index is -0.382. The maximum absolute atomic E-state index is 12.7. The molecule has 2 aromatic carbocycles. The Balaban J connectivity index is 1.73. The molecule has 0 bridgehead atoms. The number of carbonyl (C=O) groups is 2. The third kappa shape index (κ3) is 4.88. The molecule has 2 N–H and O–H groups in total. The largest absolute Gasteiger partial charge is 0.497 e. The molecule has 0 spiro atoms. The number of carbonyl (C=O) groups excluding carboxylic acids is 2. The van der Waals surface area contributed by atoms with Crippen LogP contribution in [-0.2, 0) is 22.4 Å². The summed E-state index contributed by atoms with van der Waals surface area (Å²) in [5.41, 5.74) is 4.34. The Morgan fingerprint density at radius 2 is 1.81 bits per heavy atom. The second-order valence-corrected chi connectivity index (χ2v) is 6.93. The minimum Gasteiger partial charge on any atom is -0.497 e. The highest BCUT2D eigenvalue weighted by molar-refractivity contribution is 5.92. The van der Waals surface area contributed by atoms with Crippen molar-refractivity contribution in [1.82, 2.24) is 5.32 Å². The lowest BCUT2D eigenvalue weighted by Crippen LogP contribution is -2.30. The summed E-state index contributed by atoms with van der Waals surface area (Å²) in [6.45, 7) is 1.46. The van der Waals surface area contributed by atoms with Crippen LogP contribution < -0.4 is 15.4 Å². The fourth-order valence-corrected chi connectivity index (χ4v) is 3.62. The van der Waals surface area contributed by atoms with Gasteiger partial charge in [0.05, 0.1) is 19.6 Å². The van der Waals surface area contributed by atoms with Gasteiger partial charge in [0.15, 0.2) is 0 Å². The molecule has 0 heterocycles. The Labute approximate surface area is 160 Å². The number of nitrogens with one attached hydrogen (secondary N) is 2. The Morgan fingerprint density at radius 1 is 1.07 bits per heavy atom. The van der Waals surface area contributed by atoms with Gasteiger partial charge in [-0.15, -0.1) is 0 Å². The summed E-state index contributed by atoms with van der Waals surface area (Å²) < 4.78 is 5.18. The van der Waals surface area contributed by atoms with E-state index in [1.54, 1.807) is 7.11 Å². The predicted octanol–water partition coefficient (Wildman–Crippen LogP) is 3.78. The highest BCUT2D eigenvalue weighted by Gasteiger charge is 2.19. The molecule has 1 atom stereocenters. The molecule has 5 nitrogen and oxygen atoms in total. The number of aryl methyl sites for hydroxylation is 1. The van der Waals surface area contributed by atoms with E-state index in [9.17, 15) is 9.59 Å². The van der Waals surface area contributed by atoms with Crippen LogP contribution in [0.2, 0.25) is 0 Å². The number of amides is 2. The number of methoxy groups -OCH3 is 1. The van der Waals surface area contributed by atoms with Crippen molar-refractivity contribution in [2.45, 2.75) is 45.1 Å². The first kappa shape index (κ1) is 19.0. The molecule has 0 aromatic heterocycles. The van der Waals surface area contributed by atoms with Crippen LogP contribution in [0.1, 0.15) is 48.9 Å². The first-order valence-corrected chi connectivity index (χ1v) is 9.38. The van der Waals surface area contributed by atoms with Gasteiger partial charge in [-0.2, -0.15) is 0 Å². The van der Waals surface area contributed by atoms with Crippen LogP contribution >= 0.6 is 0 Å². The molecule has 3 rings (SSSR count). The number of ether oxygens (including phenoxy) is 1. The van der Waals surface area contributed by atoms with E-state index in [1.807, 2.05) is 36.4 Å². The van der Waals surface area contributed by atoms with E-state index in [0.717, 1.165) is 36.3 Å². The van der Waals surface area contributed by atoms with Gasteiger partial charge < -0.3 is 15.4 Å². The standard InChI is InChI=1S/C22H26N2O3/c1-15(25)23-21(17-10-12-18(27-2)13-11-17)14-22(26)24-20-9-5-7-16-6-3-4-8-19(16)20/h5,7,9-13,21H,3-4,6,8,14H2,1-2H3,(H,23,25)(H,24,26). The number of hydrogen-bond acceptors (Lipinski definition) is 3. The van der Waals surface area contributed by atoms with Crippen LogP contribution in [0.25, 0.3) is 0 Å². The van der Waals surface area contributed by atoms with Crippen LogP contribution in [0.4, 0.5) is 5.69 Å². The van der Waals surface area contributed by atoms with Crippen LogP contribution in [-0.4, -0.2) is 18.9 Å². The molecule has 1 unspecified atom stereocenters. The fourth-order valence-electron chi connectivity index (χ4n) is 3.62. The van der Waals surface area contributed by atoms with Gasteiger partial charge in [0, 0.05) is 12.6 Å². The molecule has 0 fully saturated rings. The summed E-state index contributed by atoms with van der Waals surface area (Å²) in [5, 5.41) is 5.92. The summed E-state index contributed by atoms with van der Waals surface area (Å²) in [6, 6.07) is 13.1. The molecule has 2 amide bonds. The van der Waals surface area contributed by atoms with E-state index in [2.05, 4.69) is 16.7 Å². The molecule has 0 saturated carbocycles. The Bertz CT molecular complexity index is 815. The summed E-state index contributed by atoms with van der Waals surface area (Å²) >= 11 is 0. The summed E-state index contributed by atoms with van der Waals surface area (Å²) in [6.07, 6.45) is 4.60. The SMILES string of the molecule is COc1ccc(C(CC(=O)Nc2cccc3c2CCCC3)NC(C)=O)cc1. The van der Waals surface area contributed by atoms with Gasteiger partial charge >= 0.3 is 0 Å². The monoisotopic (exact) mass is 366 g/mol. The highest BCUT2D eigenvalue weighted by atomic mass is 16.5.